The fourth-order valence-corrected chi connectivity index (χ4v) is 2.91. The van der Waals surface area contributed by atoms with Gasteiger partial charge in [0, 0.05) is 33.2 Å². The van der Waals surface area contributed by atoms with Crippen LogP contribution in [0.2, 0.25) is 0 Å². The van der Waals surface area contributed by atoms with Crippen LogP contribution in [0.3, 0.4) is 0 Å². The van der Waals surface area contributed by atoms with Gasteiger partial charge in [-0.25, -0.2) is 4.98 Å². The molecule has 0 saturated carbocycles. The summed E-state index contributed by atoms with van der Waals surface area (Å²) in [7, 11) is 3.96. The van der Waals surface area contributed by atoms with E-state index in [0.29, 0.717) is 12.4 Å². The lowest BCUT2D eigenvalue weighted by molar-refractivity contribution is 0.150. The molecule has 120 valence electrons. The van der Waals surface area contributed by atoms with Gasteiger partial charge in [-0.2, -0.15) is 5.26 Å². The highest BCUT2D eigenvalue weighted by molar-refractivity contribution is 5.83. The topological polar surface area (TPSA) is 68.3 Å². The number of benzene rings is 1. The molecule has 1 aromatic heterocycles. The lowest BCUT2D eigenvalue weighted by atomic mass is 10.2. The van der Waals surface area contributed by atoms with Gasteiger partial charge in [0.05, 0.1) is 17.6 Å². The van der Waals surface area contributed by atoms with Gasteiger partial charge in [0.15, 0.2) is 5.82 Å². The number of piperazine rings is 1. The van der Waals surface area contributed by atoms with E-state index in [9.17, 15) is 10.4 Å². The number of aryl methyl sites for hydroxylation is 1. The zero-order valence-electron chi connectivity index (χ0n) is 13.5. The summed E-state index contributed by atoms with van der Waals surface area (Å²) in [5.41, 5.74) is 2.02. The molecular weight excluding hydrogens is 290 g/mol. The molecule has 3 rings (SSSR count). The highest BCUT2D eigenvalue weighted by Gasteiger charge is 2.20. The second-order valence-corrected chi connectivity index (χ2v) is 6.00. The molecule has 1 aromatic carbocycles. The minimum absolute atomic E-state index is 0.0930. The molecule has 1 aliphatic heterocycles. The number of fused-ring (bicyclic) bond motifs is 1. The largest absolute Gasteiger partial charge is 0.509 e. The van der Waals surface area contributed by atoms with Crippen LogP contribution in [0, 0.1) is 11.3 Å². The van der Waals surface area contributed by atoms with Crippen molar-refractivity contribution in [2.75, 3.05) is 39.8 Å². The van der Waals surface area contributed by atoms with Gasteiger partial charge in [0.2, 0.25) is 0 Å². The molecular formula is C17H21N5O. The molecule has 23 heavy (non-hydrogen) atoms. The van der Waals surface area contributed by atoms with Gasteiger partial charge in [-0.3, -0.25) is 4.90 Å². The lowest BCUT2D eigenvalue weighted by Gasteiger charge is -2.32. The Morgan fingerprint density at radius 2 is 1.91 bits per heavy atom. The van der Waals surface area contributed by atoms with Gasteiger partial charge >= 0.3 is 0 Å². The third-order valence-corrected chi connectivity index (χ3v) is 4.38. The van der Waals surface area contributed by atoms with Crippen LogP contribution in [-0.2, 0) is 7.05 Å². The molecule has 1 aliphatic rings. The highest BCUT2D eigenvalue weighted by atomic mass is 16.3. The number of nitrogens with zero attached hydrogens (tertiary/aromatic N) is 5. The van der Waals surface area contributed by atoms with E-state index in [1.807, 2.05) is 35.9 Å². The molecule has 0 amide bonds. The van der Waals surface area contributed by atoms with Crippen LogP contribution in [-0.4, -0.2) is 64.2 Å². The van der Waals surface area contributed by atoms with Gasteiger partial charge in [-0.05, 0) is 19.2 Å². The first-order valence-corrected chi connectivity index (χ1v) is 7.75. The summed E-state index contributed by atoms with van der Waals surface area (Å²) in [6, 6.07) is 9.85. The molecule has 0 bridgehead atoms. The molecule has 0 atom stereocenters. The number of nitriles is 1. The molecule has 1 saturated heterocycles. The van der Waals surface area contributed by atoms with Crippen LogP contribution in [0.25, 0.3) is 16.6 Å². The van der Waals surface area contributed by atoms with Crippen molar-refractivity contribution in [3.63, 3.8) is 0 Å². The first-order chi connectivity index (χ1) is 11.1. The summed E-state index contributed by atoms with van der Waals surface area (Å²) < 4.78 is 1.86. The number of allylic oxidation sites excluding steroid dienone is 1. The SMILES string of the molecule is CN1CCN(CC(O)=C(C#N)c2nc3ccccc3n2C)CC1. The van der Waals surface area contributed by atoms with Gasteiger partial charge in [-0.15, -0.1) is 0 Å². The first kappa shape index (κ1) is 15.5. The van der Waals surface area contributed by atoms with E-state index in [4.69, 9.17) is 0 Å². The van der Waals surface area contributed by atoms with Crippen molar-refractivity contribution >= 4 is 16.6 Å². The maximum absolute atomic E-state index is 10.5. The molecule has 6 heteroatoms. The molecule has 2 heterocycles. The van der Waals surface area contributed by atoms with E-state index >= 15 is 0 Å². The van der Waals surface area contributed by atoms with E-state index in [1.54, 1.807) is 0 Å². The van der Waals surface area contributed by atoms with Crippen molar-refractivity contribution < 1.29 is 5.11 Å². The molecule has 2 aromatic rings. The minimum Gasteiger partial charge on any atom is -0.509 e. The lowest BCUT2D eigenvalue weighted by Crippen LogP contribution is -2.45. The quantitative estimate of drug-likeness (QED) is 0.689. The fraction of sp³-hybridized carbons (Fsp3) is 0.412. The molecule has 0 radical (unpaired) electrons. The van der Waals surface area contributed by atoms with E-state index in [2.05, 4.69) is 27.9 Å². The summed E-state index contributed by atoms with van der Waals surface area (Å²) in [5.74, 6) is 0.607. The van der Waals surface area contributed by atoms with Crippen molar-refractivity contribution in [1.82, 2.24) is 19.4 Å². The number of imidazole rings is 1. The summed E-state index contributed by atoms with van der Waals surface area (Å²) in [4.78, 5) is 8.93. The number of hydrogen-bond acceptors (Lipinski definition) is 5. The number of aliphatic hydroxyl groups excluding tert-OH is 1. The van der Waals surface area contributed by atoms with Crippen LogP contribution >= 0.6 is 0 Å². The molecule has 0 spiro atoms. The van der Waals surface area contributed by atoms with E-state index in [-0.39, 0.29) is 11.3 Å². The summed E-state index contributed by atoms with van der Waals surface area (Å²) >= 11 is 0. The van der Waals surface area contributed by atoms with Crippen LogP contribution in [0.1, 0.15) is 5.82 Å². The number of aliphatic hydroxyl groups is 1. The molecule has 1 fully saturated rings. The Bertz CT molecular complexity index is 778. The Labute approximate surface area is 135 Å². The number of likely N-dealkylation sites (N-methyl/N-ethyl adjacent to an activating group) is 1. The van der Waals surface area contributed by atoms with E-state index < -0.39 is 0 Å². The summed E-state index contributed by atoms with van der Waals surface area (Å²) in [6.07, 6.45) is 0. The van der Waals surface area contributed by atoms with Crippen molar-refractivity contribution in [3.8, 4) is 6.07 Å². The average Bonchev–Trinajstić information content (AvgIpc) is 2.88. The Morgan fingerprint density at radius 1 is 1.22 bits per heavy atom. The smallest absolute Gasteiger partial charge is 0.155 e. The molecule has 6 nitrogen and oxygen atoms in total. The normalized spacial score (nSPS) is 18.0. The van der Waals surface area contributed by atoms with E-state index in [1.165, 1.54) is 0 Å². The Morgan fingerprint density at radius 3 is 2.57 bits per heavy atom. The van der Waals surface area contributed by atoms with Gasteiger partial charge < -0.3 is 14.6 Å². The minimum atomic E-state index is 0.0930. The Kier molecular flexibility index (Phi) is 4.33. The van der Waals surface area contributed by atoms with Crippen LogP contribution in [0.15, 0.2) is 30.0 Å². The van der Waals surface area contributed by atoms with Crippen molar-refractivity contribution in [2.24, 2.45) is 7.05 Å². The van der Waals surface area contributed by atoms with Crippen molar-refractivity contribution in [3.05, 3.63) is 35.8 Å². The molecule has 0 aliphatic carbocycles. The average molecular weight is 311 g/mol. The van der Waals surface area contributed by atoms with Crippen LogP contribution < -0.4 is 0 Å². The first-order valence-electron chi connectivity index (χ1n) is 7.75. The third-order valence-electron chi connectivity index (χ3n) is 4.38. The Hall–Kier alpha value is -2.36. The monoisotopic (exact) mass is 311 g/mol. The summed E-state index contributed by atoms with van der Waals surface area (Å²) in [6.45, 7) is 4.12. The standard InChI is InChI=1S/C17H21N5O/c1-20-7-9-22(10-8-20)12-16(23)13(11-18)17-19-14-5-3-4-6-15(14)21(17)2/h3-6,23H,7-10,12H2,1-2H3. The maximum Gasteiger partial charge on any atom is 0.155 e. The summed E-state index contributed by atoms with van der Waals surface area (Å²) in [5, 5.41) is 20.0. The zero-order valence-corrected chi connectivity index (χ0v) is 13.5. The molecule has 1 N–H and O–H groups in total. The number of rotatable bonds is 3. The molecule has 0 unspecified atom stereocenters. The van der Waals surface area contributed by atoms with Gasteiger partial charge in [0.1, 0.15) is 17.4 Å². The predicted molar refractivity (Wildman–Crippen MR) is 89.8 cm³/mol. The maximum atomic E-state index is 10.5. The highest BCUT2D eigenvalue weighted by Crippen LogP contribution is 2.22. The third kappa shape index (κ3) is 3.07. The number of para-hydroxylation sites is 2. The number of hydrogen-bond donors (Lipinski definition) is 1. The van der Waals surface area contributed by atoms with Gasteiger partial charge in [0.25, 0.3) is 0 Å². The Balaban J connectivity index is 1.90. The number of aromatic nitrogens is 2. The van der Waals surface area contributed by atoms with Crippen LogP contribution in [0.5, 0.6) is 0 Å². The van der Waals surface area contributed by atoms with Crippen molar-refractivity contribution in [2.45, 2.75) is 0 Å². The predicted octanol–water partition coefficient (Wildman–Crippen LogP) is 1.61. The van der Waals surface area contributed by atoms with Gasteiger partial charge in [-0.1, -0.05) is 12.1 Å². The zero-order chi connectivity index (χ0) is 16.4. The van der Waals surface area contributed by atoms with Crippen molar-refractivity contribution in [1.29, 1.82) is 5.26 Å². The van der Waals surface area contributed by atoms with Crippen LogP contribution in [0.4, 0.5) is 0 Å². The fourth-order valence-electron chi connectivity index (χ4n) is 2.91. The second kappa shape index (κ2) is 6.41. The van der Waals surface area contributed by atoms with E-state index in [0.717, 1.165) is 37.2 Å². The second-order valence-electron chi connectivity index (χ2n) is 6.00.